The van der Waals surface area contributed by atoms with E-state index in [9.17, 15) is 0 Å². The third-order valence-electron chi connectivity index (χ3n) is 17.6. The average molecular weight is 908 g/mol. The normalized spacial score (nSPS) is 30.8. The van der Waals surface area contributed by atoms with Gasteiger partial charge in [-0.1, -0.05) is 142 Å². The van der Waals surface area contributed by atoms with Gasteiger partial charge in [-0.2, -0.15) is 0 Å². The molecule has 5 rings (SSSR count). The Bertz CT molecular complexity index is 1330. The van der Waals surface area contributed by atoms with Crippen LogP contribution < -0.4 is 0 Å². The maximum atomic E-state index is 6.58. The summed E-state index contributed by atoms with van der Waals surface area (Å²) >= 11 is 0. The Labute approximate surface area is 402 Å². The van der Waals surface area contributed by atoms with Crippen molar-refractivity contribution in [2.24, 2.45) is 52.3 Å². The van der Waals surface area contributed by atoms with E-state index in [2.05, 4.69) is 89.8 Å². The lowest BCUT2D eigenvalue weighted by atomic mass is 9.46. The predicted octanol–water partition coefficient (Wildman–Crippen LogP) is 15.3. The molecule has 6 heteroatoms. The molecule has 0 bridgehead atoms. The lowest BCUT2D eigenvalue weighted by Crippen LogP contribution is -2.52. The van der Waals surface area contributed by atoms with Crippen LogP contribution in [0.1, 0.15) is 209 Å². The first-order valence-corrected chi connectivity index (χ1v) is 28.4. The van der Waals surface area contributed by atoms with Gasteiger partial charge in [0.05, 0.1) is 45.2 Å². The topological polar surface area (TPSA) is 49.4 Å². The first-order chi connectivity index (χ1) is 31.6. The van der Waals surface area contributed by atoms with Gasteiger partial charge in [0.2, 0.25) is 0 Å². The van der Waals surface area contributed by atoms with Crippen LogP contribution in [0.4, 0.5) is 0 Å². The fraction of sp³-hybridized carbons (Fsp3) is 0.898. The monoisotopic (exact) mass is 908 g/mol. The number of nitrogens with zero attached hydrogens (tertiary/aromatic N) is 1. The molecule has 5 aliphatic rings. The number of unbranched alkanes of at least 4 members (excludes halogenated alkanes) is 9. The van der Waals surface area contributed by atoms with Crippen LogP contribution in [0.3, 0.4) is 0 Å². The molecule has 0 aromatic carbocycles. The molecule has 0 aromatic heterocycles. The maximum Gasteiger partial charge on any atom is 0.155 e. The Morgan fingerprint density at radius 2 is 1.34 bits per heavy atom. The van der Waals surface area contributed by atoms with Gasteiger partial charge in [0.1, 0.15) is 0 Å². The molecule has 0 radical (unpaired) electrons. The molecule has 376 valence electrons. The summed E-state index contributed by atoms with van der Waals surface area (Å²) in [5, 5.41) is 0. The first-order valence-electron chi connectivity index (χ1n) is 28.4. The second-order valence-corrected chi connectivity index (χ2v) is 22.9. The highest BCUT2D eigenvalue weighted by Crippen LogP contribution is 2.67. The Balaban J connectivity index is 0.902. The lowest BCUT2D eigenvalue weighted by molar-refractivity contribution is -0.187. The van der Waals surface area contributed by atoms with Crippen LogP contribution in [-0.2, 0) is 23.7 Å². The summed E-state index contributed by atoms with van der Waals surface area (Å²) in [4.78, 5) is 2.56. The molecular formula is C59H105NO5. The van der Waals surface area contributed by atoms with Crippen LogP contribution >= 0.6 is 0 Å². The largest absolute Gasteiger partial charge is 0.379 e. The first kappa shape index (κ1) is 54.9. The van der Waals surface area contributed by atoms with Gasteiger partial charge in [0.15, 0.2) is 6.29 Å². The van der Waals surface area contributed by atoms with E-state index in [-0.39, 0.29) is 18.5 Å². The molecule has 4 aliphatic carbocycles. The van der Waals surface area contributed by atoms with Crippen molar-refractivity contribution < 1.29 is 23.7 Å². The van der Waals surface area contributed by atoms with E-state index in [1.54, 1.807) is 0 Å². The smallest absolute Gasteiger partial charge is 0.155 e. The van der Waals surface area contributed by atoms with Crippen molar-refractivity contribution in [1.82, 2.24) is 4.90 Å². The SMILES string of the molecule is CCCCCC=CCC=CCCCCCCCCOCC(CN1CCCCC1)OCCOCCOC(C)O[C@H]1CC[C@@]2(C)C(C=CC3C2CC[C@@]2(C)C3CC[C@@H]2[C@H](C)CCCC(C)C)C1. The standard InChI is InChI=1S/C59H105NO5/c1-8-9-10-11-12-13-14-15-16-17-18-19-20-21-22-26-40-62-47-53(46-60-38-24-23-25-39-60)64-44-42-61-41-43-63-50(5)65-52-34-36-58(6)51(45-52)30-31-54-56-33-32-55(49(4)29-27-28-48(2)3)59(56,7)37-35-57(54)58/h12-13,15-16,30-31,48-57H,8-11,14,17-29,32-47H2,1-7H3/t49-,50?,51?,52+,53?,54?,55-,56?,57?,58+,59-/m1/s1. The third-order valence-corrected chi connectivity index (χ3v) is 17.6. The molecule has 1 heterocycles. The zero-order valence-electron chi connectivity index (χ0n) is 43.8. The summed E-state index contributed by atoms with van der Waals surface area (Å²) in [6, 6.07) is 0. The Morgan fingerprint density at radius 1 is 0.646 bits per heavy atom. The highest BCUT2D eigenvalue weighted by molar-refractivity contribution is 5.18. The zero-order valence-corrected chi connectivity index (χ0v) is 43.8. The summed E-state index contributed by atoms with van der Waals surface area (Å²) in [7, 11) is 0. The number of hydrogen-bond donors (Lipinski definition) is 0. The molecule has 65 heavy (non-hydrogen) atoms. The van der Waals surface area contributed by atoms with Crippen LogP contribution in [0, 0.1) is 52.3 Å². The Morgan fingerprint density at radius 3 is 2.09 bits per heavy atom. The van der Waals surface area contributed by atoms with Crippen LogP contribution in [0.15, 0.2) is 36.5 Å². The third kappa shape index (κ3) is 18.3. The van der Waals surface area contributed by atoms with Gasteiger partial charge in [0, 0.05) is 13.2 Å². The molecule has 1 aliphatic heterocycles. The van der Waals surface area contributed by atoms with E-state index in [0.717, 1.165) is 74.3 Å². The minimum absolute atomic E-state index is 0.0969. The number of ether oxygens (including phenoxy) is 5. The van der Waals surface area contributed by atoms with Gasteiger partial charge in [-0.15, -0.1) is 0 Å². The molecule has 11 atom stereocenters. The maximum absolute atomic E-state index is 6.58. The molecule has 0 N–H and O–H groups in total. The minimum atomic E-state index is -0.214. The lowest BCUT2D eigenvalue weighted by Gasteiger charge is -2.59. The predicted molar refractivity (Wildman–Crippen MR) is 274 cm³/mol. The molecular weight excluding hydrogens is 803 g/mol. The molecule has 6 unspecified atom stereocenters. The van der Waals surface area contributed by atoms with E-state index < -0.39 is 0 Å². The van der Waals surface area contributed by atoms with Crippen molar-refractivity contribution in [2.45, 2.75) is 227 Å². The number of piperidine rings is 1. The van der Waals surface area contributed by atoms with Crippen molar-refractivity contribution in [1.29, 1.82) is 0 Å². The number of allylic oxidation sites excluding steroid dienone is 6. The molecule has 0 amide bonds. The van der Waals surface area contributed by atoms with Gasteiger partial charge < -0.3 is 28.6 Å². The Kier molecular flexibility index (Phi) is 25.8. The summed E-state index contributed by atoms with van der Waals surface area (Å²) in [5.41, 5.74) is 0.936. The summed E-state index contributed by atoms with van der Waals surface area (Å²) in [6.07, 6.45) is 47.6. The van der Waals surface area contributed by atoms with E-state index in [1.807, 2.05) is 0 Å². The van der Waals surface area contributed by atoms with Crippen molar-refractivity contribution >= 4 is 0 Å². The summed E-state index contributed by atoms with van der Waals surface area (Å²) in [6.45, 7) is 24.2. The van der Waals surface area contributed by atoms with Gasteiger partial charge in [-0.25, -0.2) is 0 Å². The fourth-order valence-electron chi connectivity index (χ4n) is 13.7. The van der Waals surface area contributed by atoms with E-state index in [0.29, 0.717) is 49.8 Å². The highest BCUT2D eigenvalue weighted by Gasteiger charge is 2.59. The van der Waals surface area contributed by atoms with Crippen LogP contribution in [-0.4, -0.2) is 82.7 Å². The number of hydrogen-bond acceptors (Lipinski definition) is 6. The summed E-state index contributed by atoms with van der Waals surface area (Å²) < 4.78 is 31.3. The number of fused-ring (bicyclic) bond motifs is 5. The molecule has 1 saturated heterocycles. The van der Waals surface area contributed by atoms with Crippen molar-refractivity contribution in [2.75, 3.05) is 59.3 Å². The number of rotatable bonds is 34. The Hall–Kier alpha value is -1.02. The van der Waals surface area contributed by atoms with Gasteiger partial charge in [0.25, 0.3) is 0 Å². The molecule has 4 fully saturated rings. The summed E-state index contributed by atoms with van der Waals surface area (Å²) in [5.74, 6) is 5.72. The molecule has 0 spiro atoms. The van der Waals surface area contributed by atoms with Gasteiger partial charge in [-0.3, -0.25) is 0 Å². The van der Waals surface area contributed by atoms with Crippen LogP contribution in [0.5, 0.6) is 0 Å². The molecule has 3 saturated carbocycles. The highest BCUT2D eigenvalue weighted by atomic mass is 16.7. The van der Waals surface area contributed by atoms with E-state index in [1.165, 1.54) is 148 Å². The minimum Gasteiger partial charge on any atom is -0.379 e. The number of likely N-dealkylation sites (tertiary alicyclic amines) is 1. The second-order valence-electron chi connectivity index (χ2n) is 22.9. The average Bonchev–Trinajstić information content (AvgIpc) is 3.66. The fourth-order valence-corrected chi connectivity index (χ4v) is 13.7. The zero-order chi connectivity index (χ0) is 46.2. The van der Waals surface area contributed by atoms with Crippen LogP contribution in [0.25, 0.3) is 0 Å². The van der Waals surface area contributed by atoms with E-state index in [4.69, 9.17) is 23.7 Å². The van der Waals surface area contributed by atoms with Crippen molar-refractivity contribution in [3.8, 4) is 0 Å². The van der Waals surface area contributed by atoms with Gasteiger partial charge >= 0.3 is 0 Å². The quantitative estimate of drug-likeness (QED) is 0.0364. The van der Waals surface area contributed by atoms with Crippen molar-refractivity contribution in [3.63, 3.8) is 0 Å². The van der Waals surface area contributed by atoms with Crippen molar-refractivity contribution in [3.05, 3.63) is 36.5 Å². The van der Waals surface area contributed by atoms with E-state index >= 15 is 0 Å². The second kappa shape index (κ2) is 30.6. The van der Waals surface area contributed by atoms with Gasteiger partial charge in [-0.05, 0) is 169 Å². The molecule has 0 aromatic rings. The molecule has 6 nitrogen and oxygen atoms in total. The van der Waals surface area contributed by atoms with Crippen LogP contribution in [0.2, 0.25) is 0 Å².